The van der Waals surface area contributed by atoms with Crippen molar-refractivity contribution in [1.82, 2.24) is 4.31 Å². The van der Waals surface area contributed by atoms with Gasteiger partial charge in [0.25, 0.3) is 0 Å². The lowest BCUT2D eigenvalue weighted by atomic mass is 10.2. The van der Waals surface area contributed by atoms with Crippen LogP contribution in [0, 0.1) is 11.6 Å². The van der Waals surface area contributed by atoms with Gasteiger partial charge >= 0.3 is 0 Å². The molecule has 0 saturated carbocycles. The summed E-state index contributed by atoms with van der Waals surface area (Å²) in [5.74, 6) is -2.29. The van der Waals surface area contributed by atoms with Gasteiger partial charge in [0.15, 0.2) is 11.6 Å². The van der Waals surface area contributed by atoms with E-state index in [1.165, 1.54) is 7.05 Å². The van der Waals surface area contributed by atoms with E-state index in [1.54, 1.807) is 24.3 Å². The van der Waals surface area contributed by atoms with Crippen LogP contribution < -0.4 is 0 Å². The molecule has 7 heteroatoms. The highest BCUT2D eigenvalue weighted by atomic mass is 35.5. The zero-order chi connectivity index (χ0) is 15.6. The highest BCUT2D eigenvalue weighted by molar-refractivity contribution is 7.89. The molecule has 2 aromatic carbocycles. The summed E-state index contributed by atoms with van der Waals surface area (Å²) in [7, 11) is -2.53. The minimum Gasteiger partial charge on any atom is -0.207 e. The van der Waals surface area contributed by atoms with E-state index in [0.29, 0.717) is 11.1 Å². The number of nitrogens with zero attached hydrogens (tertiary/aromatic N) is 1. The van der Waals surface area contributed by atoms with Gasteiger partial charge in [-0.15, -0.1) is 0 Å². The van der Waals surface area contributed by atoms with Crippen LogP contribution in [-0.2, 0) is 16.6 Å². The molecular formula is C14H12ClF2NO2S. The zero-order valence-corrected chi connectivity index (χ0v) is 12.6. The largest absolute Gasteiger partial charge is 0.243 e. The third-order valence-corrected chi connectivity index (χ3v) is 4.97. The van der Waals surface area contributed by atoms with Crippen LogP contribution in [-0.4, -0.2) is 19.8 Å². The van der Waals surface area contributed by atoms with E-state index in [4.69, 9.17) is 11.6 Å². The predicted octanol–water partition coefficient (Wildman–Crippen LogP) is 3.44. The van der Waals surface area contributed by atoms with Crippen molar-refractivity contribution in [2.45, 2.75) is 11.4 Å². The van der Waals surface area contributed by atoms with E-state index in [1.807, 2.05) is 0 Å². The summed E-state index contributed by atoms with van der Waals surface area (Å²) in [6, 6.07) is 9.18. The number of hydrogen-bond donors (Lipinski definition) is 0. The van der Waals surface area contributed by atoms with Gasteiger partial charge in [-0.05, 0) is 35.9 Å². The maximum absolute atomic E-state index is 13.2. The molecule has 112 valence electrons. The normalized spacial score (nSPS) is 11.9. The fraction of sp³-hybridized carbons (Fsp3) is 0.143. The minimum atomic E-state index is -3.89. The third-order valence-electron chi connectivity index (χ3n) is 2.92. The number of halogens is 3. The summed E-state index contributed by atoms with van der Waals surface area (Å²) in [5, 5.41) is 0.546. The molecule has 0 aliphatic carbocycles. The van der Waals surface area contributed by atoms with Crippen LogP contribution in [0.5, 0.6) is 0 Å². The summed E-state index contributed by atoms with van der Waals surface area (Å²) in [4.78, 5) is -0.294. The molecule has 0 aromatic heterocycles. The van der Waals surface area contributed by atoms with Crippen LogP contribution in [0.25, 0.3) is 0 Å². The first kappa shape index (κ1) is 15.9. The third kappa shape index (κ3) is 3.58. The minimum absolute atomic E-state index is 0.0957. The van der Waals surface area contributed by atoms with Crippen molar-refractivity contribution in [1.29, 1.82) is 0 Å². The number of benzene rings is 2. The second kappa shape index (κ2) is 6.09. The first-order valence-corrected chi connectivity index (χ1v) is 7.78. The zero-order valence-electron chi connectivity index (χ0n) is 11.1. The monoisotopic (exact) mass is 331 g/mol. The van der Waals surface area contributed by atoms with Gasteiger partial charge in [0.1, 0.15) is 0 Å². The van der Waals surface area contributed by atoms with Gasteiger partial charge in [-0.1, -0.05) is 23.7 Å². The number of sulfonamides is 1. The van der Waals surface area contributed by atoms with Crippen molar-refractivity contribution in [3.8, 4) is 0 Å². The Kier molecular flexibility index (Phi) is 4.61. The molecule has 0 atom stereocenters. The van der Waals surface area contributed by atoms with Crippen molar-refractivity contribution in [2.75, 3.05) is 7.05 Å². The van der Waals surface area contributed by atoms with Crippen molar-refractivity contribution < 1.29 is 17.2 Å². The standard InChI is InChI=1S/C14H12ClF2NO2S/c1-18(9-10-2-4-11(15)5-3-10)21(19,20)12-6-7-13(16)14(17)8-12/h2-8H,9H2,1H3. The molecule has 3 nitrogen and oxygen atoms in total. The maximum Gasteiger partial charge on any atom is 0.243 e. The Balaban J connectivity index is 2.25. The second-order valence-corrected chi connectivity index (χ2v) is 6.94. The quantitative estimate of drug-likeness (QED) is 0.860. The Morgan fingerprint density at radius 1 is 1.05 bits per heavy atom. The van der Waals surface area contributed by atoms with Crippen molar-refractivity contribution >= 4 is 21.6 Å². The molecule has 0 aliphatic heterocycles. The highest BCUT2D eigenvalue weighted by Crippen LogP contribution is 2.19. The van der Waals surface area contributed by atoms with Gasteiger partial charge in [-0.3, -0.25) is 0 Å². The molecule has 21 heavy (non-hydrogen) atoms. The lowest BCUT2D eigenvalue weighted by Gasteiger charge is -2.17. The van der Waals surface area contributed by atoms with Gasteiger partial charge in [-0.2, -0.15) is 4.31 Å². The van der Waals surface area contributed by atoms with Crippen LogP contribution in [0.15, 0.2) is 47.4 Å². The molecule has 2 rings (SSSR count). The second-order valence-electron chi connectivity index (χ2n) is 4.46. The average molecular weight is 332 g/mol. The van der Waals surface area contributed by atoms with Gasteiger partial charge in [-0.25, -0.2) is 17.2 Å². The lowest BCUT2D eigenvalue weighted by molar-refractivity contribution is 0.463. The van der Waals surface area contributed by atoms with Crippen LogP contribution in [0.1, 0.15) is 5.56 Å². The molecule has 0 fully saturated rings. The fourth-order valence-corrected chi connectivity index (χ4v) is 3.05. The maximum atomic E-state index is 13.2. The molecule has 2 aromatic rings. The van der Waals surface area contributed by atoms with Gasteiger partial charge in [0.05, 0.1) is 4.90 Å². The van der Waals surface area contributed by atoms with E-state index in [-0.39, 0.29) is 11.4 Å². The molecule has 0 amide bonds. The lowest BCUT2D eigenvalue weighted by Crippen LogP contribution is -2.26. The molecule has 0 unspecified atom stereocenters. The molecule has 0 saturated heterocycles. The first-order valence-electron chi connectivity index (χ1n) is 5.96. The summed E-state index contributed by atoms with van der Waals surface area (Å²) >= 11 is 5.76. The molecule has 0 bridgehead atoms. The van der Waals surface area contributed by atoms with Crippen molar-refractivity contribution in [3.63, 3.8) is 0 Å². The Morgan fingerprint density at radius 2 is 1.67 bits per heavy atom. The van der Waals surface area contributed by atoms with Crippen LogP contribution in [0.4, 0.5) is 8.78 Å². The van der Waals surface area contributed by atoms with Crippen molar-refractivity contribution in [2.24, 2.45) is 0 Å². The number of rotatable bonds is 4. The smallest absolute Gasteiger partial charge is 0.207 e. The van der Waals surface area contributed by atoms with Gasteiger partial charge < -0.3 is 0 Å². The van der Waals surface area contributed by atoms with Crippen LogP contribution in [0.3, 0.4) is 0 Å². The van der Waals surface area contributed by atoms with E-state index >= 15 is 0 Å². The molecule has 0 radical (unpaired) electrons. The molecule has 0 N–H and O–H groups in total. The van der Waals surface area contributed by atoms with Crippen LogP contribution in [0.2, 0.25) is 5.02 Å². The van der Waals surface area contributed by atoms with Crippen molar-refractivity contribution in [3.05, 3.63) is 64.7 Å². The van der Waals surface area contributed by atoms with Crippen LogP contribution >= 0.6 is 11.6 Å². The molecule has 0 spiro atoms. The van der Waals surface area contributed by atoms with E-state index < -0.39 is 21.7 Å². The summed E-state index contributed by atoms with van der Waals surface area (Å²) in [6.07, 6.45) is 0. The highest BCUT2D eigenvalue weighted by Gasteiger charge is 2.22. The Bertz CT molecular complexity index is 748. The summed E-state index contributed by atoms with van der Waals surface area (Å²) in [5.41, 5.74) is 0.730. The first-order chi connectivity index (χ1) is 9.80. The molecule has 0 heterocycles. The average Bonchev–Trinajstić information content (AvgIpc) is 2.44. The Morgan fingerprint density at radius 3 is 2.24 bits per heavy atom. The van der Waals surface area contributed by atoms with E-state index in [9.17, 15) is 17.2 Å². The topological polar surface area (TPSA) is 37.4 Å². The molecule has 0 aliphatic rings. The fourth-order valence-electron chi connectivity index (χ4n) is 1.75. The Hall–Kier alpha value is -1.50. The summed E-state index contributed by atoms with van der Waals surface area (Å²) in [6.45, 7) is 0.0957. The number of hydrogen-bond acceptors (Lipinski definition) is 2. The van der Waals surface area contributed by atoms with E-state index in [0.717, 1.165) is 22.0 Å². The van der Waals surface area contributed by atoms with E-state index in [2.05, 4.69) is 0 Å². The predicted molar refractivity (Wildman–Crippen MR) is 76.5 cm³/mol. The molecular weight excluding hydrogens is 320 g/mol. The SMILES string of the molecule is CN(Cc1ccc(Cl)cc1)S(=O)(=O)c1ccc(F)c(F)c1. The summed E-state index contributed by atoms with van der Waals surface area (Å²) < 4.78 is 51.7. The Labute approximate surface area is 126 Å². The van der Waals surface area contributed by atoms with Gasteiger partial charge in [0, 0.05) is 18.6 Å². The van der Waals surface area contributed by atoms with Gasteiger partial charge in [0.2, 0.25) is 10.0 Å².